The van der Waals surface area contributed by atoms with Crippen molar-refractivity contribution in [2.75, 3.05) is 26.3 Å². The molecule has 4 N–H and O–H groups in total. The molecule has 9 heteroatoms. The van der Waals surface area contributed by atoms with Crippen LogP contribution in [0.4, 0.5) is 0 Å². The Hall–Kier alpha value is -4.34. The van der Waals surface area contributed by atoms with E-state index in [9.17, 15) is 24.6 Å². The highest BCUT2D eigenvalue weighted by Gasteiger charge is 2.23. The van der Waals surface area contributed by atoms with Crippen molar-refractivity contribution in [3.8, 4) is 0 Å². The summed E-state index contributed by atoms with van der Waals surface area (Å²) in [5, 5.41) is 24.2. The minimum Gasteiger partial charge on any atom is -0.457 e. The first-order valence-corrected chi connectivity index (χ1v) is 17.4. The molecule has 0 unspecified atom stereocenters. The molecule has 0 aromatic carbocycles. The molecule has 0 saturated carbocycles. The molecule has 1 aromatic rings. The number of nitrogens with one attached hydrogen (secondary N) is 2. The van der Waals surface area contributed by atoms with E-state index in [1.807, 2.05) is 18.2 Å². The number of aromatic nitrogens is 1. The van der Waals surface area contributed by atoms with E-state index in [1.54, 1.807) is 30.6 Å². The van der Waals surface area contributed by atoms with E-state index in [2.05, 4.69) is 83.3 Å². The van der Waals surface area contributed by atoms with Gasteiger partial charge in [0.2, 0.25) is 11.8 Å². The van der Waals surface area contributed by atoms with Crippen LogP contribution in [0.25, 0.3) is 6.08 Å². The van der Waals surface area contributed by atoms with E-state index < -0.39 is 31.2 Å². The minimum absolute atomic E-state index is 0.0403. The third-order valence-corrected chi connectivity index (χ3v) is 7.05. The SMILES string of the molecule is CC/C=C\C/C=C\C/C=C\C/C=C\C/C=C\C/C=C\CCC(=O)NCCC[C@H](CNC(=O)C/C=C/c1cccnc1)C(=O)OC(CO)CO. The monoisotopic (exact) mass is 675 g/mol. The third kappa shape index (κ3) is 25.4. The quantitative estimate of drug-likeness (QED) is 0.0475. The van der Waals surface area contributed by atoms with Crippen molar-refractivity contribution in [2.45, 2.75) is 83.7 Å². The largest absolute Gasteiger partial charge is 0.457 e. The number of nitrogens with zero attached hydrogens (tertiary/aromatic N) is 1. The molecule has 0 bridgehead atoms. The molecular weight excluding hydrogens is 618 g/mol. The molecular formula is C40H57N3O6. The topological polar surface area (TPSA) is 138 Å². The van der Waals surface area contributed by atoms with Crippen LogP contribution in [0, 0.1) is 5.92 Å². The molecule has 0 aliphatic rings. The fourth-order valence-corrected chi connectivity index (χ4v) is 4.30. The summed E-state index contributed by atoms with van der Waals surface area (Å²) in [6, 6.07) is 3.67. The van der Waals surface area contributed by atoms with E-state index in [0.717, 1.165) is 44.1 Å². The number of allylic oxidation sites excluding steroid dienone is 12. The third-order valence-electron chi connectivity index (χ3n) is 7.05. The van der Waals surface area contributed by atoms with Crippen molar-refractivity contribution in [2.24, 2.45) is 5.92 Å². The van der Waals surface area contributed by atoms with Crippen LogP contribution < -0.4 is 10.6 Å². The number of aliphatic hydroxyl groups is 2. The van der Waals surface area contributed by atoms with Gasteiger partial charge in [0, 0.05) is 38.3 Å². The molecule has 0 spiro atoms. The Morgan fingerprint density at radius 2 is 1.39 bits per heavy atom. The summed E-state index contributed by atoms with van der Waals surface area (Å²) in [6.07, 6.45) is 39.2. The van der Waals surface area contributed by atoms with Gasteiger partial charge in [-0.1, -0.05) is 98.1 Å². The first kappa shape index (κ1) is 42.7. The summed E-state index contributed by atoms with van der Waals surface area (Å²) in [5.74, 6) is -1.65. The lowest BCUT2D eigenvalue weighted by molar-refractivity contribution is -0.158. The van der Waals surface area contributed by atoms with Crippen molar-refractivity contribution in [1.82, 2.24) is 15.6 Å². The first-order chi connectivity index (χ1) is 24.0. The number of hydrogen-bond acceptors (Lipinski definition) is 7. The lowest BCUT2D eigenvalue weighted by Gasteiger charge is -2.20. The smallest absolute Gasteiger partial charge is 0.311 e. The molecule has 2 amide bonds. The molecule has 1 atom stereocenters. The standard InChI is InChI=1S/C40H57N3O6/c1-2-3-4-5-6-7-8-9-10-11-12-13-14-15-16-17-18-19-20-27-38(46)42-30-23-26-36(40(48)49-37(33-44)34-45)32-43-39(47)28-21-24-35-25-22-29-41-31-35/h3-4,6-7,9-10,12-13,15-16,18-19,21-22,24-25,29,31,36-37,44-45H,2,5,8,11,14,17,20,23,26-28,30,32-34H2,1H3,(H,42,46)(H,43,47)/b4-3-,7-6-,10-9-,13-12-,16-15-,19-18-,24-21+/t36-/m1/s1. The maximum absolute atomic E-state index is 12.7. The van der Waals surface area contributed by atoms with Crippen molar-refractivity contribution in [1.29, 1.82) is 0 Å². The van der Waals surface area contributed by atoms with Gasteiger partial charge < -0.3 is 25.6 Å². The van der Waals surface area contributed by atoms with Gasteiger partial charge in [-0.15, -0.1) is 0 Å². The van der Waals surface area contributed by atoms with Crippen LogP contribution in [0.2, 0.25) is 0 Å². The number of hydrogen-bond donors (Lipinski definition) is 4. The zero-order valence-electron chi connectivity index (χ0n) is 29.1. The van der Waals surface area contributed by atoms with Crippen molar-refractivity contribution in [3.63, 3.8) is 0 Å². The van der Waals surface area contributed by atoms with E-state index >= 15 is 0 Å². The molecule has 0 radical (unpaired) electrons. The van der Waals surface area contributed by atoms with Crippen LogP contribution in [0.3, 0.4) is 0 Å². The van der Waals surface area contributed by atoms with Crippen LogP contribution in [0.5, 0.6) is 0 Å². The summed E-state index contributed by atoms with van der Waals surface area (Å²) in [6.45, 7) is 1.54. The fourth-order valence-electron chi connectivity index (χ4n) is 4.30. The minimum atomic E-state index is -1.03. The molecule has 268 valence electrons. The number of carbonyl (C=O) groups is 3. The van der Waals surface area contributed by atoms with Crippen LogP contribution >= 0.6 is 0 Å². The maximum Gasteiger partial charge on any atom is 0.311 e. The molecule has 49 heavy (non-hydrogen) atoms. The summed E-state index contributed by atoms with van der Waals surface area (Å²) in [4.78, 5) is 41.3. The number of amides is 2. The van der Waals surface area contributed by atoms with Gasteiger partial charge in [0.25, 0.3) is 0 Å². The van der Waals surface area contributed by atoms with Gasteiger partial charge >= 0.3 is 5.97 Å². The second kappa shape index (κ2) is 31.0. The molecule has 0 saturated heterocycles. The Kier molecular flexibility index (Phi) is 27.0. The van der Waals surface area contributed by atoms with Crippen molar-refractivity contribution < 1.29 is 29.3 Å². The number of pyridine rings is 1. The lowest BCUT2D eigenvalue weighted by atomic mass is 10.0. The molecule has 1 aromatic heterocycles. The lowest BCUT2D eigenvalue weighted by Crippen LogP contribution is -2.37. The van der Waals surface area contributed by atoms with Crippen LogP contribution in [-0.2, 0) is 19.1 Å². The van der Waals surface area contributed by atoms with Crippen LogP contribution in [-0.4, -0.2) is 65.4 Å². The van der Waals surface area contributed by atoms with E-state index in [0.29, 0.717) is 32.2 Å². The Morgan fingerprint density at radius 3 is 1.94 bits per heavy atom. The van der Waals surface area contributed by atoms with E-state index in [1.165, 1.54) is 0 Å². The maximum atomic E-state index is 12.7. The summed E-state index contributed by atoms with van der Waals surface area (Å²) >= 11 is 0. The van der Waals surface area contributed by atoms with Gasteiger partial charge in [0.15, 0.2) is 0 Å². The van der Waals surface area contributed by atoms with Crippen LogP contribution in [0.15, 0.2) is 104 Å². The normalized spacial score (nSPS) is 13.0. The summed E-state index contributed by atoms with van der Waals surface area (Å²) in [5.41, 5.74) is 0.871. The van der Waals surface area contributed by atoms with E-state index in [-0.39, 0.29) is 24.8 Å². The average molecular weight is 676 g/mol. The molecule has 0 fully saturated rings. The van der Waals surface area contributed by atoms with Crippen molar-refractivity contribution in [3.05, 3.63) is 109 Å². The number of ether oxygens (including phenoxy) is 1. The molecule has 1 rings (SSSR count). The van der Waals surface area contributed by atoms with Gasteiger partial charge in [-0.05, 0) is 69.4 Å². The first-order valence-electron chi connectivity index (χ1n) is 17.4. The second-order valence-corrected chi connectivity index (χ2v) is 11.3. The van der Waals surface area contributed by atoms with Gasteiger partial charge in [-0.3, -0.25) is 19.4 Å². The Labute approximate surface area is 293 Å². The van der Waals surface area contributed by atoms with Gasteiger partial charge in [-0.2, -0.15) is 0 Å². The zero-order valence-corrected chi connectivity index (χ0v) is 29.1. The van der Waals surface area contributed by atoms with Gasteiger partial charge in [-0.25, -0.2) is 0 Å². The Balaban J connectivity index is 2.26. The Morgan fingerprint density at radius 1 is 0.796 bits per heavy atom. The highest BCUT2D eigenvalue weighted by atomic mass is 16.6. The number of rotatable bonds is 27. The average Bonchev–Trinajstić information content (AvgIpc) is 3.11. The highest BCUT2D eigenvalue weighted by Crippen LogP contribution is 2.10. The number of carbonyl (C=O) groups excluding carboxylic acids is 3. The summed E-state index contributed by atoms with van der Waals surface area (Å²) < 4.78 is 5.19. The highest BCUT2D eigenvalue weighted by molar-refractivity contribution is 5.80. The summed E-state index contributed by atoms with van der Waals surface area (Å²) in [7, 11) is 0. The predicted molar refractivity (Wildman–Crippen MR) is 198 cm³/mol. The number of esters is 1. The van der Waals surface area contributed by atoms with Crippen molar-refractivity contribution >= 4 is 23.9 Å². The zero-order chi connectivity index (χ0) is 35.6. The molecule has 1 heterocycles. The van der Waals surface area contributed by atoms with Gasteiger partial charge in [0.05, 0.1) is 19.1 Å². The van der Waals surface area contributed by atoms with E-state index in [4.69, 9.17) is 4.74 Å². The van der Waals surface area contributed by atoms with Gasteiger partial charge in [0.1, 0.15) is 6.10 Å². The van der Waals surface area contributed by atoms with Crippen LogP contribution in [0.1, 0.15) is 83.1 Å². The predicted octanol–water partition coefficient (Wildman–Crippen LogP) is 6.49. The molecule has 9 nitrogen and oxygen atoms in total. The fraction of sp³-hybridized carbons (Fsp3) is 0.450. The molecule has 0 aliphatic carbocycles. The second-order valence-electron chi connectivity index (χ2n) is 11.3. The number of aliphatic hydroxyl groups excluding tert-OH is 2. The Bertz CT molecular complexity index is 1230. The molecule has 0 aliphatic heterocycles.